The second-order valence-electron chi connectivity index (χ2n) is 4.49. The second kappa shape index (κ2) is 11.9. The van der Waals surface area contributed by atoms with Crippen LogP contribution in [0.2, 0.25) is 0 Å². The molecule has 0 aliphatic rings. The van der Waals surface area contributed by atoms with E-state index in [4.69, 9.17) is 4.74 Å². The van der Waals surface area contributed by atoms with Crippen LogP contribution in [0.4, 0.5) is 0 Å². The maximum Gasteiger partial charge on any atom is 0.323 e. The van der Waals surface area contributed by atoms with Crippen LogP contribution in [-0.4, -0.2) is 43.5 Å². The fraction of sp³-hybridized carbons (Fsp3) is 0.467. The summed E-state index contributed by atoms with van der Waals surface area (Å²) in [7, 11) is 6.37. The Hall–Kier alpha value is -0.630. The Morgan fingerprint density at radius 3 is 2.64 bits per heavy atom. The molecular formula is C15H21NO3S3. The second-order valence-corrected chi connectivity index (χ2v) is 8.95. The van der Waals surface area contributed by atoms with Crippen molar-refractivity contribution in [2.45, 2.75) is 18.9 Å². The quantitative estimate of drug-likeness (QED) is 0.370. The molecule has 0 saturated carbocycles. The molecule has 0 aliphatic heterocycles. The van der Waals surface area contributed by atoms with Gasteiger partial charge < -0.3 is 4.74 Å². The fourth-order valence-corrected chi connectivity index (χ4v) is 4.49. The Kier molecular flexibility index (Phi) is 10.5. The maximum absolute atomic E-state index is 11.8. The van der Waals surface area contributed by atoms with Crippen LogP contribution < -0.4 is 5.32 Å². The molecule has 0 heterocycles. The number of benzene rings is 1. The van der Waals surface area contributed by atoms with Crippen molar-refractivity contribution < 1.29 is 14.3 Å². The van der Waals surface area contributed by atoms with Crippen molar-refractivity contribution in [2.75, 3.05) is 25.7 Å². The van der Waals surface area contributed by atoms with Gasteiger partial charge in [0, 0.05) is 12.2 Å². The molecule has 0 unspecified atom stereocenters. The minimum atomic E-state index is -0.496. The first-order valence-electron chi connectivity index (χ1n) is 6.86. The van der Waals surface area contributed by atoms with Crippen LogP contribution in [0.3, 0.4) is 0 Å². The molecular weight excluding hydrogens is 338 g/mol. The monoisotopic (exact) mass is 359 g/mol. The third kappa shape index (κ3) is 8.12. The summed E-state index contributed by atoms with van der Waals surface area (Å²) in [6.45, 7) is 0.192. The molecule has 0 saturated heterocycles. The zero-order valence-corrected chi connectivity index (χ0v) is 15.2. The van der Waals surface area contributed by atoms with Crippen molar-refractivity contribution >= 4 is 43.2 Å². The van der Waals surface area contributed by atoms with Crippen molar-refractivity contribution in [3.8, 4) is 0 Å². The van der Waals surface area contributed by atoms with Crippen molar-refractivity contribution in [3.05, 3.63) is 35.9 Å². The Bertz CT molecular complexity index is 457. The number of carbonyl (C=O) groups is 2. The zero-order chi connectivity index (χ0) is 16.2. The maximum atomic E-state index is 11.8. The predicted octanol–water partition coefficient (Wildman–Crippen LogP) is 2.98. The number of ketones is 1. The van der Waals surface area contributed by atoms with Crippen LogP contribution in [0, 0.1) is 0 Å². The number of nitrogens with one attached hydrogen (secondary N) is 1. The summed E-state index contributed by atoms with van der Waals surface area (Å²) in [5.41, 5.74) is 1.03. The molecule has 0 amide bonds. The topological polar surface area (TPSA) is 55.4 Å². The van der Waals surface area contributed by atoms with Gasteiger partial charge in [-0.3, -0.25) is 14.9 Å². The molecule has 4 nitrogen and oxygen atoms in total. The summed E-state index contributed by atoms with van der Waals surface area (Å²) in [6, 6.07) is 9.19. The molecule has 0 bridgehead atoms. The summed E-state index contributed by atoms with van der Waals surface area (Å²) < 4.78 is 4.81. The molecule has 1 rings (SSSR count). The van der Waals surface area contributed by atoms with Crippen LogP contribution in [0.5, 0.6) is 0 Å². The summed E-state index contributed by atoms with van der Waals surface area (Å²) in [5, 5.41) is 3.01. The van der Waals surface area contributed by atoms with Crippen LogP contribution in [0.15, 0.2) is 30.3 Å². The van der Waals surface area contributed by atoms with E-state index in [1.165, 1.54) is 7.11 Å². The molecule has 1 N–H and O–H groups in total. The van der Waals surface area contributed by atoms with Gasteiger partial charge in [0.25, 0.3) is 0 Å². The highest BCUT2D eigenvalue weighted by atomic mass is 33.5. The number of hydrogen-bond donors (Lipinski definition) is 1. The average molecular weight is 360 g/mol. The lowest BCUT2D eigenvalue weighted by atomic mass is 10.1. The molecule has 22 heavy (non-hydrogen) atoms. The van der Waals surface area contributed by atoms with E-state index in [0.717, 1.165) is 11.3 Å². The zero-order valence-electron chi connectivity index (χ0n) is 12.7. The minimum Gasteiger partial charge on any atom is -0.468 e. The SMILES string of the molecule is COC(=O)[C@H](Cc1ccccc1)NCC(=O)CCSSSC. The van der Waals surface area contributed by atoms with Crippen molar-refractivity contribution in [3.63, 3.8) is 0 Å². The summed E-state index contributed by atoms with van der Waals surface area (Å²) >= 11 is 0. The lowest BCUT2D eigenvalue weighted by molar-refractivity contribution is -0.143. The van der Waals surface area contributed by atoms with Gasteiger partial charge in [0.15, 0.2) is 0 Å². The number of esters is 1. The van der Waals surface area contributed by atoms with Crippen LogP contribution >= 0.6 is 31.4 Å². The molecule has 1 atom stereocenters. The van der Waals surface area contributed by atoms with Crippen molar-refractivity contribution in [2.24, 2.45) is 0 Å². The first kappa shape index (κ1) is 19.4. The first-order valence-corrected chi connectivity index (χ1v) is 10.9. The molecule has 0 fully saturated rings. The van der Waals surface area contributed by atoms with Gasteiger partial charge in [-0.15, -0.1) is 0 Å². The molecule has 7 heteroatoms. The van der Waals surface area contributed by atoms with Gasteiger partial charge in [0.05, 0.1) is 13.7 Å². The Morgan fingerprint density at radius 2 is 2.00 bits per heavy atom. The highest BCUT2D eigenvalue weighted by Gasteiger charge is 2.20. The molecule has 0 aliphatic carbocycles. The highest BCUT2D eigenvalue weighted by Crippen LogP contribution is 2.32. The normalized spacial score (nSPS) is 11.9. The molecule has 0 radical (unpaired) electrons. The number of carbonyl (C=O) groups excluding carboxylic acids is 2. The van der Waals surface area contributed by atoms with Gasteiger partial charge in [-0.25, -0.2) is 0 Å². The number of hydrogen-bond acceptors (Lipinski definition) is 7. The Morgan fingerprint density at radius 1 is 1.27 bits per heavy atom. The Labute approximate surface area is 143 Å². The van der Waals surface area contributed by atoms with Crippen LogP contribution in [0.25, 0.3) is 0 Å². The van der Waals surface area contributed by atoms with Crippen molar-refractivity contribution in [1.82, 2.24) is 5.32 Å². The van der Waals surface area contributed by atoms with E-state index >= 15 is 0 Å². The molecule has 122 valence electrons. The lowest BCUT2D eigenvalue weighted by Crippen LogP contribution is -2.42. The summed E-state index contributed by atoms with van der Waals surface area (Å²) in [4.78, 5) is 23.7. The third-order valence-electron chi connectivity index (χ3n) is 2.89. The van der Waals surface area contributed by atoms with Crippen LogP contribution in [0.1, 0.15) is 12.0 Å². The molecule has 1 aromatic rings. The van der Waals surface area contributed by atoms with Gasteiger partial charge in [-0.2, -0.15) is 0 Å². The number of ether oxygens (including phenoxy) is 1. The Balaban J connectivity index is 2.41. The molecule has 0 spiro atoms. The smallest absolute Gasteiger partial charge is 0.323 e. The number of methoxy groups -OCH3 is 1. The predicted molar refractivity (Wildman–Crippen MR) is 97.1 cm³/mol. The van der Waals surface area contributed by atoms with Gasteiger partial charge in [0.2, 0.25) is 0 Å². The summed E-state index contributed by atoms with van der Waals surface area (Å²) in [5.74, 6) is 0.549. The van der Waals surface area contributed by atoms with Gasteiger partial charge in [-0.05, 0) is 28.1 Å². The fourth-order valence-electron chi connectivity index (χ4n) is 1.79. The van der Waals surface area contributed by atoms with E-state index in [9.17, 15) is 9.59 Å². The molecule has 1 aromatic carbocycles. The average Bonchev–Trinajstić information content (AvgIpc) is 2.55. The van der Waals surface area contributed by atoms with E-state index in [2.05, 4.69) is 5.32 Å². The highest BCUT2D eigenvalue weighted by molar-refractivity contribution is 9.09. The third-order valence-corrected chi connectivity index (χ3v) is 6.79. The van der Waals surface area contributed by atoms with Gasteiger partial charge in [-0.1, -0.05) is 51.9 Å². The van der Waals surface area contributed by atoms with E-state index in [1.54, 1.807) is 31.4 Å². The lowest BCUT2D eigenvalue weighted by Gasteiger charge is -2.16. The summed E-state index contributed by atoms with van der Waals surface area (Å²) in [6.07, 6.45) is 3.02. The standard InChI is InChI=1S/C15H21NO3S3/c1-19-15(18)14(10-12-6-4-3-5-7-12)16-11-13(17)8-9-21-22-20-2/h3-7,14,16H,8-11H2,1-2H3/t14-/m0/s1. The van der Waals surface area contributed by atoms with E-state index in [0.29, 0.717) is 12.8 Å². The van der Waals surface area contributed by atoms with Crippen molar-refractivity contribution in [1.29, 1.82) is 0 Å². The van der Waals surface area contributed by atoms with Crippen LogP contribution in [-0.2, 0) is 20.7 Å². The first-order chi connectivity index (χ1) is 10.7. The largest absolute Gasteiger partial charge is 0.468 e. The van der Waals surface area contributed by atoms with E-state index < -0.39 is 6.04 Å². The minimum absolute atomic E-state index is 0.108. The van der Waals surface area contributed by atoms with E-state index in [-0.39, 0.29) is 18.3 Å². The van der Waals surface area contributed by atoms with Gasteiger partial charge >= 0.3 is 5.97 Å². The number of rotatable bonds is 11. The molecule has 0 aromatic heterocycles. The number of Topliss-reactive ketones (excluding diaryl/α,β-unsaturated/α-hetero) is 1. The van der Waals surface area contributed by atoms with Gasteiger partial charge in [0.1, 0.15) is 11.8 Å². The van der Waals surface area contributed by atoms with E-state index in [1.807, 2.05) is 36.6 Å².